The van der Waals surface area contributed by atoms with Crippen molar-refractivity contribution in [1.29, 1.82) is 0 Å². The highest BCUT2D eigenvalue weighted by molar-refractivity contribution is 4.99. The van der Waals surface area contributed by atoms with Crippen LogP contribution in [0, 0.1) is 0 Å². The molecule has 0 aromatic heterocycles. The van der Waals surface area contributed by atoms with Gasteiger partial charge in [-0.3, -0.25) is 0 Å². The van der Waals surface area contributed by atoms with Gasteiger partial charge in [0.15, 0.2) is 0 Å². The van der Waals surface area contributed by atoms with E-state index < -0.39 is 0 Å². The van der Waals surface area contributed by atoms with E-state index in [1.807, 2.05) is 72.8 Å². The number of hydrogen-bond acceptors (Lipinski definition) is 2. The third-order valence-corrected chi connectivity index (χ3v) is 1.33. The van der Waals surface area contributed by atoms with Gasteiger partial charge in [-0.05, 0) is 0 Å². The summed E-state index contributed by atoms with van der Waals surface area (Å²) < 4.78 is 0. The summed E-state index contributed by atoms with van der Waals surface area (Å²) in [6.45, 7) is 4.25. The zero-order valence-electron chi connectivity index (χ0n) is 12.5. The molecule has 2 aromatic carbocycles. The quantitative estimate of drug-likeness (QED) is 0.755. The molecule has 2 N–H and O–H groups in total. The monoisotopic (exact) mass is 264 g/mol. The summed E-state index contributed by atoms with van der Waals surface area (Å²) in [4.78, 5) is 0. The van der Waals surface area contributed by atoms with E-state index in [4.69, 9.17) is 10.2 Å². The standard InChI is InChI=1S/2C6H6.C3H8.2CH4O/c2*1-2-4-6-5-3-1;1-3-2;2*1-2/h2*1-6H;3H2,1-2H3;2*2H,1H3. The molecule has 2 aromatic rings. The molecule has 0 aliphatic rings. The van der Waals surface area contributed by atoms with E-state index >= 15 is 0 Å². The van der Waals surface area contributed by atoms with Crippen LogP contribution in [-0.2, 0) is 0 Å². The van der Waals surface area contributed by atoms with Crippen LogP contribution in [0.15, 0.2) is 72.8 Å². The molecule has 0 aliphatic carbocycles. The maximum atomic E-state index is 7.00. The molecule has 0 radical (unpaired) electrons. The molecule has 0 amide bonds. The average molecular weight is 264 g/mol. The van der Waals surface area contributed by atoms with Gasteiger partial charge in [0, 0.05) is 14.2 Å². The van der Waals surface area contributed by atoms with Gasteiger partial charge in [-0.2, -0.15) is 0 Å². The number of hydrogen-bond donors (Lipinski definition) is 2. The Morgan fingerprint density at radius 1 is 0.421 bits per heavy atom. The lowest BCUT2D eigenvalue weighted by molar-refractivity contribution is 0.399. The highest BCUT2D eigenvalue weighted by Crippen LogP contribution is 1.80. The first-order valence-corrected chi connectivity index (χ1v) is 6.31. The number of benzene rings is 2. The van der Waals surface area contributed by atoms with Crippen LogP contribution in [0.5, 0.6) is 0 Å². The first-order chi connectivity index (χ1) is 9.41. The van der Waals surface area contributed by atoms with Crippen LogP contribution in [0.25, 0.3) is 0 Å². The minimum atomic E-state index is 1.00. The first kappa shape index (κ1) is 22.5. The van der Waals surface area contributed by atoms with Crippen molar-refractivity contribution in [3.05, 3.63) is 72.8 Å². The summed E-state index contributed by atoms with van der Waals surface area (Å²) in [6.07, 6.45) is 1.25. The summed E-state index contributed by atoms with van der Waals surface area (Å²) in [6, 6.07) is 24.0. The zero-order valence-corrected chi connectivity index (χ0v) is 12.5. The third kappa shape index (κ3) is 31.4. The van der Waals surface area contributed by atoms with Crippen LogP contribution >= 0.6 is 0 Å². The fourth-order valence-electron chi connectivity index (χ4n) is 0.770. The smallest absolute Gasteiger partial charge is 0.0319 e. The van der Waals surface area contributed by atoms with Crippen molar-refractivity contribution in [2.45, 2.75) is 20.3 Å². The molecule has 0 bridgehead atoms. The highest BCUT2D eigenvalue weighted by Gasteiger charge is 1.58. The Morgan fingerprint density at radius 2 is 0.474 bits per heavy atom. The maximum Gasteiger partial charge on any atom is 0.0319 e. The molecule has 0 aliphatic heterocycles. The Morgan fingerprint density at radius 3 is 0.526 bits per heavy atom. The van der Waals surface area contributed by atoms with Gasteiger partial charge in [0.25, 0.3) is 0 Å². The molecule has 2 rings (SSSR count). The molecule has 2 heteroatoms. The minimum absolute atomic E-state index is 1.00. The van der Waals surface area contributed by atoms with Crippen molar-refractivity contribution in [3.8, 4) is 0 Å². The van der Waals surface area contributed by atoms with Crippen molar-refractivity contribution in [3.63, 3.8) is 0 Å². The molecule has 0 atom stereocenters. The minimum Gasteiger partial charge on any atom is -0.400 e. The van der Waals surface area contributed by atoms with Gasteiger partial charge in [0.1, 0.15) is 0 Å². The topological polar surface area (TPSA) is 40.5 Å². The third-order valence-electron chi connectivity index (χ3n) is 1.33. The van der Waals surface area contributed by atoms with Crippen molar-refractivity contribution < 1.29 is 10.2 Å². The molecule has 0 spiro atoms. The highest BCUT2D eigenvalue weighted by atomic mass is 16.2. The van der Waals surface area contributed by atoms with E-state index in [2.05, 4.69) is 13.8 Å². The van der Waals surface area contributed by atoms with Gasteiger partial charge in [-0.1, -0.05) is 93.1 Å². The molecular formula is C17H28O2. The maximum absolute atomic E-state index is 7.00. The van der Waals surface area contributed by atoms with E-state index in [1.165, 1.54) is 6.42 Å². The van der Waals surface area contributed by atoms with Crippen LogP contribution in [0.3, 0.4) is 0 Å². The summed E-state index contributed by atoms with van der Waals surface area (Å²) in [5.74, 6) is 0. The van der Waals surface area contributed by atoms with Crippen molar-refractivity contribution in [2.75, 3.05) is 14.2 Å². The van der Waals surface area contributed by atoms with Gasteiger partial charge >= 0.3 is 0 Å². The molecule has 0 heterocycles. The van der Waals surface area contributed by atoms with Gasteiger partial charge in [-0.15, -0.1) is 0 Å². The second kappa shape index (κ2) is 29.9. The molecule has 0 saturated carbocycles. The van der Waals surface area contributed by atoms with Crippen LogP contribution < -0.4 is 0 Å². The Kier molecular flexibility index (Phi) is 35.5. The van der Waals surface area contributed by atoms with E-state index in [1.54, 1.807) is 0 Å². The molecule has 108 valence electrons. The van der Waals surface area contributed by atoms with Crippen LogP contribution in [0.2, 0.25) is 0 Å². The molecule has 0 unspecified atom stereocenters. The van der Waals surface area contributed by atoms with Crippen molar-refractivity contribution in [1.82, 2.24) is 0 Å². The lowest BCUT2D eigenvalue weighted by Crippen LogP contribution is -1.47. The van der Waals surface area contributed by atoms with Crippen LogP contribution in [-0.4, -0.2) is 24.4 Å². The Labute approximate surface area is 118 Å². The van der Waals surface area contributed by atoms with Gasteiger partial charge in [0.2, 0.25) is 0 Å². The molecule has 2 nitrogen and oxygen atoms in total. The Bertz CT molecular complexity index is 198. The van der Waals surface area contributed by atoms with E-state index in [0.29, 0.717) is 0 Å². The second-order valence-electron chi connectivity index (χ2n) is 3.02. The Hall–Kier alpha value is -1.64. The van der Waals surface area contributed by atoms with Gasteiger partial charge < -0.3 is 10.2 Å². The summed E-state index contributed by atoms with van der Waals surface area (Å²) >= 11 is 0. The fourth-order valence-corrected chi connectivity index (χ4v) is 0.770. The summed E-state index contributed by atoms with van der Waals surface area (Å²) in [7, 11) is 2.00. The zero-order chi connectivity index (χ0) is 15.2. The van der Waals surface area contributed by atoms with E-state index in [0.717, 1.165) is 14.2 Å². The molecule has 0 saturated heterocycles. The predicted octanol–water partition coefficient (Wildman–Crippen LogP) is 4.01. The Balaban J connectivity index is -0.000000187. The second-order valence-corrected chi connectivity index (χ2v) is 3.02. The lowest BCUT2D eigenvalue weighted by atomic mass is 10.4. The predicted molar refractivity (Wildman–Crippen MR) is 85.1 cm³/mol. The largest absolute Gasteiger partial charge is 0.400 e. The van der Waals surface area contributed by atoms with Crippen molar-refractivity contribution >= 4 is 0 Å². The normalized spacial score (nSPS) is 6.63. The summed E-state index contributed by atoms with van der Waals surface area (Å²) in [5.41, 5.74) is 0. The average Bonchev–Trinajstić information content (AvgIpc) is 2.56. The van der Waals surface area contributed by atoms with E-state index in [-0.39, 0.29) is 0 Å². The van der Waals surface area contributed by atoms with Gasteiger partial charge in [0.05, 0.1) is 0 Å². The summed E-state index contributed by atoms with van der Waals surface area (Å²) in [5, 5.41) is 14.0. The van der Waals surface area contributed by atoms with Crippen LogP contribution in [0.1, 0.15) is 20.3 Å². The number of rotatable bonds is 0. The van der Waals surface area contributed by atoms with Crippen LogP contribution in [0.4, 0.5) is 0 Å². The first-order valence-electron chi connectivity index (χ1n) is 6.31. The molecular weight excluding hydrogens is 236 g/mol. The number of aliphatic hydroxyl groups is 2. The van der Waals surface area contributed by atoms with E-state index in [9.17, 15) is 0 Å². The molecule has 19 heavy (non-hydrogen) atoms. The van der Waals surface area contributed by atoms with Gasteiger partial charge in [-0.25, -0.2) is 0 Å². The SMILES string of the molecule is CCC.CO.CO.c1ccccc1.c1ccccc1. The molecule has 0 fully saturated rings. The fraction of sp³-hybridized carbons (Fsp3) is 0.294. The van der Waals surface area contributed by atoms with Crippen molar-refractivity contribution in [2.24, 2.45) is 0 Å². The lowest BCUT2D eigenvalue weighted by Gasteiger charge is -1.69. The number of aliphatic hydroxyl groups excluding tert-OH is 2.